The number of likely N-dealkylation sites (tertiary alicyclic amines) is 1. The largest absolute Gasteiger partial charge is 0.368 e. The van der Waals surface area contributed by atoms with Crippen molar-refractivity contribution in [1.82, 2.24) is 25.3 Å². The van der Waals surface area contributed by atoms with Gasteiger partial charge in [0.2, 0.25) is 11.8 Å². The third kappa shape index (κ3) is 4.73. The third-order valence-corrected chi connectivity index (χ3v) is 7.10. The third-order valence-electron chi connectivity index (χ3n) is 7.10. The number of nitrogens with zero attached hydrogens (tertiary/aromatic N) is 5. The van der Waals surface area contributed by atoms with Crippen LogP contribution < -0.4 is 10.2 Å². The number of aromatic nitrogens is 3. The molecule has 9 nitrogen and oxygen atoms in total. The molecule has 2 amide bonds. The number of amides is 2. The summed E-state index contributed by atoms with van der Waals surface area (Å²) in [6.07, 6.45) is 5.10. The number of aryl methyl sites for hydroxylation is 1. The molecule has 1 N–H and O–H groups in total. The molecule has 2 aliphatic heterocycles. The maximum atomic E-state index is 12.5. The molecule has 2 aromatic heterocycles. The van der Waals surface area contributed by atoms with Crippen LogP contribution in [0.15, 0.2) is 53.8 Å². The van der Waals surface area contributed by atoms with Crippen molar-refractivity contribution in [1.29, 1.82) is 0 Å². The van der Waals surface area contributed by atoms with Gasteiger partial charge in [0.05, 0.1) is 11.9 Å². The van der Waals surface area contributed by atoms with Gasteiger partial charge < -0.3 is 19.6 Å². The highest BCUT2D eigenvalue weighted by atomic mass is 16.5. The summed E-state index contributed by atoms with van der Waals surface area (Å²) in [5.41, 5.74) is 5.24. The van der Waals surface area contributed by atoms with Gasteiger partial charge in [0.15, 0.2) is 0 Å². The second kappa shape index (κ2) is 9.14. The lowest BCUT2D eigenvalue weighted by atomic mass is 9.72. The van der Waals surface area contributed by atoms with E-state index in [2.05, 4.69) is 44.1 Å². The molecule has 0 bridgehead atoms. The molecule has 0 unspecified atom stereocenters. The Morgan fingerprint density at radius 3 is 2.59 bits per heavy atom. The van der Waals surface area contributed by atoms with Crippen LogP contribution in [-0.4, -0.2) is 58.0 Å². The van der Waals surface area contributed by atoms with E-state index in [1.165, 1.54) is 6.08 Å². The number of nitrogens with one attached hydrogen (secondary N) is 1. The standard InChI is InChI=1S/C28H32N6O3/c1-6-23(35)34-16-28(17-34)14-33(15-28)22-13-29-10-9-21(22)19-7-8-20(18(2)11-19)12-30-25(36)24-31-26(37-32-24)27(3,4)5/h6-11,13H,1,12,14-17H2,2-5H3,(H,30,36). The number of carbonyl (C=O) groups excluding carboxylic acids is 2. The van der Waals surface area contributed by atoms with Crippen LogP contribution in [-0.2, 0) is 16.8 Å². The molecule has 4 heterocycles. The van der Waals surface area contributed by atoms with Crippen molar-refractivity contribution in [3.63, 3.8) is 0 Å². The lowest BCUT2D eigenvalue weighted by molar-refractivity contribution is -0.139. The number of carbonyl (C=O) groups is 2. The molecule has 0 saturated carbocycles. The predicted molar refractivity (Wildman–Crippen MR) is 140 cm³/mol. The molecule has 0 radical (unpaired) electrons. The summed E-state index contributed by atoms with van der Waals surface area (Å²) in [5, 5.41) is 6.71. The Kier molecular flexibility index (Phi) is 6.09. The molecule has 0 atom stereocenters. The first kappa shape index (κ1) is 24.7. The van der Waals surface area contributed by atoms with Crippen LogP contribution in [0.3, 0.4) is 0 Å². The summed E-state index contributed by atoms with van der Waals surface area (Å²) in [7, 11) is 0. The van der Waals surface area contributed by atoms with Crippen molar-refractivity contribution in [2.24, 2.45) is 5.41 Å². The number of benzene rings is 1. The van der Waals surface area contributed by atoms with E-state index in [-0.39, 0.29) is 28.5 Å². The van der Waals surface area contributed by atoms with E-state index in [0.29, 0.717) is 12.4 Å². The molecule has 0 aliphatic carbocycles. The monoisotopic (exact) mass is 500 g/mol. The molecule has 9 heteroatoms. The van der Waals surface area contributed by atoms with Gasteiger partial charge in [0.25, 0.3) is 11.7 Å². The average Bonchev–Trinajstić information content (AvgIpc) is 3.33. The Labute approximate surface area is 216 Å². The van der Waals surface area contributed by atoms with Crippen molar-refractivity contribution >= 4 is 17.5 Å². The van der Waals surface area contributed by atoms with Gasteiger partial charge in [-0.3, -0.25) is 14.6 Å². The van der Waals surface area contributed by atoms with E-state index >= 15 is 0 Å². The number of rotatable bonds is 6. The molecule has 5 rings (SSSR count). The van der Waals surface area contributed by atoms with Gasteiger partial charge >= 0.3 is 0 Å². The summed E-state index contributed by atoms with van der Waals surface area (Å²) >= 11 is 0. The molecular weight excluding hydrogens is 468 g/mol. The molecule has 2 aliphatic rings. The van der Waals surface area contributed by atoms with Crippen LogP contribution in [0.2, 0.25) is 0 Å². The van der Waals surface area contributed by atoms with E-state index in [0.717, 1.165) is 54.1 Å². The van der Waals surface area contributed by atoms with Gasteiger partial charge in [-0.2, -0.15) is 4.98 Å². The fourth-order valence-electron chi connectivity index (χ4n) is 5.00. The Bertz CT molecular complexity index is 1360. The van der Waals surface area contributed by atoms with Crippen molar-refractivity contribution in [3.05, 3.63) is 72.2 Å². The first-order valence-corrected chi connectivity index (χ1v) is 12.4. The van der Waals surface area contributed by atoms with E-state index in [9.17, 15) is 9.59 Å². The van der Waals surface area contributed by atoms with E-state index in [1.807, 2.05) is 57.1 Å². The first-order chi connectivity index (χ1) is 17.6. The lowest BCUT2D eigenvalue weighted by Crippen LogP contribution is -2.73. The second-order valence-electron chi connectivity index (χ2n) is 11.1. The SMILES string of the molecule is C=CC(=O)N1CC2(C1)CN(c1cnccc1-c1ccc(CNC(=O)c3noc(C(C)(C)C)n3)c(C)c1)C2. The lowest BCUT2D eigenvalue weighted by Gasteiger charge is -2.60. The van der Waals surface area contributed by atoms with Crippen molar-refractivity contribution in [2.45, 2.75) is 39.7 Å². The predicted octanol–water partition coefficient (Wildman–Crippen LogP) is 3.50. The molecule has 2 fully saturated rings. The van der Waals surface area contributed by atoms with Crippen LogP contribution in [0, 0.1) is 12.3 Å². The summed E-state index contributed by atoms with van der Waals surface area (Å²) in [6.45, 7) is 15.2. The smallest absolute Gasteiger partial charge is 0.292 e. The maximum absolute atomic E-state index is 12.5. The number of hydrogen-bond acceptors (Lipinski definition) is 7. The molecular formula is C28H32N6O3. The fraction of sp³-hybridized carbons (Fsp3) is 0.393. The van der Waals surface area contributed by atoms with Crippen molar-refractivity contribution in [3.8, 4) is 11.1 Å². The van der Waals surface area contributed by atoms with Crippen LogP contribution in [0.5, 0.6) is 0 Å². The molecule has 3 aromatic rings. The minimum atomic E-state index is -0.366. The Morgan fingerprint density at radius 2 is 1.95 bits per heavy atom. The van der Waals surface area contributed by atoms with Gasteiger partial charge in [-0.1, -0.05) is 50.7 Å². The van der Waals surface area contributed by atoms with Crippen LogP contribution in [0.25, 0.3) is 11.1 Å². The fourth-order valence-corrected chi connectivity index (χ4v) is 5.00. The van der Waals surface area contributed by atoms with Gasteiger partial charge in [-0.15, -0.1) is 0 Å². The van der Waals surface area contributed by atoms with Gasteiger partial charge in [-0.25, -0.2) is 0 Å². The number of pyridine rings is 1. The molecule has 1 spiro atoms. The highest BCUT2D eigenvalue weighted by Gasteiger charge is 2.53. The summed E-state index contributed by atoms with van der Waals surface area (Å²) in [6, 6.07) is 8.28. The Balaban J connectivity index is 1.24. The topological polar surface area (TPSA) is 104 Å². The summed E-state index contributed by atoms with van der Waals surface area (Å²) in [4.78, 5) is 37.1. The zero-order valence-corrected chi connectivity index (χ0v) is 21.7. The average molecular weight is 501 g/mol. The molecule has 192 valence electrons. The quantitative estimate of drug-likeness (QED) is 0.517. The van der Waals surface area contributed by atoms with Crippen LogP contribution in [0.4, 0.5) is 5.69 Å². The summed E-state index contributed by atoms with van der Waals surface area (Å²) in [5.74, 6) is 0.107. The highest BCUT2D eigenvalue weighted by Crippen LogP contribution is 2.44. The van der Waals surface area contributed by atoms with E-state index in [1.54, 1.807) is 0 Å². The van der Waals surface area contributed by atoms with E-state index in [4.69, 9.17) is 4.52 Å². The maximum Gasteiger partial charge on any atom is 0.292 e. The zero-order chi connectivity index (χ0) is 26.4. The second-order valence-corrected chi connectivity index (χ2v) is 11.1. The zero-order valence-electron chi connectivity index (χ0n) is 21.7. The van der Waals surface area contributed by atoms with Gasteiger partial charge in [-0.05, 0) is 35.8 Å². The minimum Gasteiger partial charge on any atom is -0.368 e. The van der Waals surface area contributed by atoms with Crippen LogP contribution in [0.1, 0.15) is 48.4 Å². The first-order valence-electron chi connectivity index (χ1n) is 12.4. The Hall–Kier alpha value is -4.01. The normalized spacial score (nSPS) is 16.2. The minimum absolute atomic E-state index is 0.00449. The Morgan fingerprint density at radius 1 is 1.19 bits per heavy atom. The number of anilines is 1. The highest BCUT2D eigenvalue weighted by molar-refractivity contribution is 5.90. The molecule has 37 heavy (non-hydrogen) atoms. The van der Waals surface area contributed by atoms with Crippen LogP contribution >= 0.6 is 0 Å². The van der Waals surface area contributed by atoms with Crippen molar-refractivity contribution < 1.29 is 14.1 Å². The molecule has 1 aromatic carbocycles. The number of hydrogen-bond donors (Lipinski definition) is 1. The van der Waals surface area contributed by atoms with E-state index < -0.39 is 0 Å². The molecule has 2 saturated heterocycles. The van der Waals surface area contributed by atoms with Crippen molar-refractivity contribution in [2.75, 3.05) is 31.1 Å². The van der Waals surface area contributed by atoms with Gasteiger partial charge in [0.1, 0.15) is 0 Å². The van der Waals surface area contributed by atoms with Gasteiger partial charge in [0, 0.05) is 55.3 Å². The summed E-state index contributed by atoms with van der Waals surface area (Å²) < 4.78 is 5.23.